The summed E-state index contributed by atoms with van der Waals surface area (Å²) in [5, 5.41) is 3.92. The number of nitrogens with zero attached hydrogens (tertiary/aromatic N) is 1. The molecule has 2 heterocycles. The molecule has 1 aromatic carbocycles. The summed E-state index contributed by atoms with van der Waals surface area (Å²) in [6, 6.07) is 9.43. The molecule has 2 aromatic rings. The Bertz CT molecular complexity index is 542. The molecule has 1 aliphatic rings. The van der Waals surface area contributed by atoms with Crippen LogP contribution in [0.1, 0.15) is 5.56 Å². The maximum absolute atomic E-state index is 5.96. The average molecular weight is 233 g/mol. The SMILES string of the molecule is Clc1ccc2c(c1)Nc1ncccc1OC2. The molecule has 0 aliphatic carbocycles. The van der Waals surface area contributed by atoms with Crippen LogP contribution in [0, 0.1) is 0 Å². The van der Waals surface area contributed by atoms with Crippen molar-refractivity contribution >= 4 is 23.1 Å². The van der Waals surface area contributed by atoms with Gasteiger partial charge in [-0.05, 0) is 24.3 Å². The molecule has 0 fully saturated rings. The summed E-state index contributed by atoms with van der Waals surface area (Å²) in [5.74, 6) is 1.48. The Morgan fingerprint density at radius 3 is 3.19 bits per heavy atom. The molecule has 0 bridgehead atoms. The molecule has 3 nitrogen and oxygen atoms in total. The largest absolute Gasteiger partial charge is 0.485 e. The highest BCUT2D eigenvalue weighted by Gasteiger charge is 2.13. The number of hydrogen-bond donors (Lipinski definition) is 1. The highest BCUT2D eigenvalue weighted by Crippen LogP contribution is 2.33. The van der Waals surface area contributed by atoms with Crippen LogP contribution in [0.15, 0.2) is 36.5 Å². The van der Waals surface area contributed by atoms with Gasteiger partial charge in [-0.2, -0.15) is 0 Å². The fourth-order valence-corrected chi connectivity index (χ4v) is 1.85. The molecule has 0 saturated heterocycles. The van der Waals surface area contributed by atoms with Crippen molar-refractivity contribution in [2.45, 2.75) is 6.61 Å². The molecule has 80 valence electrons. The average Bonchev–Trinajstić information content (AvgIpc) is 2.47. The summed E-state index contributed by atoms with van der Waals surface area (Å²) in [7, 11) is 0. The zero-order valence-electron chi connectivity index (χ0n) is 8.40. The zero-order valence-corrected chi connectivity index (χ0v) is 9.16. The fourth-order valence-electron chi connectivity index (χ4n) is 1.67. The summed E-state index contributed by atoms with van der Waals surface area (Å²) in [6.45, 7) is 0.526. The van der Waals surface area contributed by atoms with Gasteiger partial charge in [-0.25, -0.2) is 4.98 Å². The van der Waals surface area contributed by atoms with E-state index in [1.54, 1.807) is 6.20 Å². The van der Waals surface area contributed by atoms with Gasteiger partial charge in [0.15, 0.2) is 11.6 Å². The van der Waals surface area contributed by atoms with E-state index < -0.39 is 0 Å². The predicted octanol–water partition coefficient (Wildman–Crippen LogP) is 3.37. The molecule has 0 atom stereocenters. The van der Waals surface area contributed by atoms with Gasteiger partial charge < -0.3 is 10.1 Å². The fraction of sp³-hybridized carbons (Fsp3) is 0.0833. The van der Waals surface area contributed by atoms with Gasteiger partial charge in [-0.15, -0.1) is 0 Å². The number of nitrogens with one attached hydrogen (secondary N) is 1. The van der Waals surface area contributed by atoms with E-state index in [1.165, 1.54) is 0 Å². The Morgan fingerprint density at radius 2 is 2.25 bits per heavy atom. The molecular weight excluding hydrogens is 224 g/mol. The maximum atomic E-state index is 5.96. The van der Waals surface area contributed by atoms with Crippen molar-refractivity contribution in [3.05, 3.63) is 47.1 Å². The van der Waals surface area contributed by atoms with Crippen molar-refractivity contribution in [1.29, 1.82) is 0 Å². The molecular formula is C12H9ClN2O. The van der Waals surface area contributed by atoms with E-state index >= 15 is 0 Å². The minimum absolute atomic E-state index is 0.526. The van der Waals surface area contributed by atoms with Crippen LogP contribution in [0.2, 0.25) is 5.02 Å². The first-order valence-electron chi connectivity index (χ1n) is 4.96. The van der Waals surface area contributed by atoms with Gasteiger partial charge in [0.1, 0.15) is 6.61 Å². The molecule has 1 aliphatic heterocycles. The second kappa shape index (κ2) is 3.68. The summed E-state index contributed by atoms with van der Waals surface area (Å²) in [6.07, 6.45) is 1.73. The van der Waals surface area contributed by atoms with E-state index in [9.17, 15) is 0 Å². The van der Waals surface area contributed by atoms with Crippen LogP contribution in [0.3, 0.4) is 0 Å². The van der Waals surface area contributed by atoms with E-state index in [0.717, 1.165) is 22.8 Å². The number of pyridine rings is 1. The van der Waals surface area contributed by atoms with Crippen molar-refractivity contribution in [1.82, 2.24) is 4.98 Å². The molecule has 0 radical (unpaired) electrons. The van der Waals surface area contributed by atoms with Crippen molar-refractivity contribution in [2.24, 2.45) is 0 Å². The number of hydrogen-bond acceptors (Lipinski definition) is 3. The summed E-state index contributed by atoms with van der Waals surface area (Å²) < 4.78 is 5.65. The first kappa shape index (κ1) is 9.48. The van der Waals surface area contributed by atoms with Crippen molar-refractivity contribution in [3.63, 3.8) is 0 Å². The lowest BCUT2D eigenvalue weighted by atomic mass is 10.2. The number of rotatable bonds is 0. The molecule has 16 heavy (non-hydrogen) atoms. The molecule has 1 aromatic heterocycles. The van der Waals surface area contributed by atoms with Gasteiger partial charge in [0, 0.05) is 22.5 Å². The molecule has 0 saturated carbocycles. The topological polar surface area (TPSA) is 34.2 Å². The maximum Gasteiger partial charge on any atom is 0.173 e. The molecule has 0 spiro atoms. The molecule has 4 heteroatoms. The Hall–Kier alpha value is -1.74. The van der Waals surface area contributed by atoms with E-state index in [4.69, 9.17) is 16.3 Å². The normalized spacial score (nSPS) is 12.8. The highest BCUT2D eigenvalue weighted by molar-refractivity contribution is 6.30. The first-order chi connectivity index (χ1) is 7.83. The molecule has 0 unspecified atom stereocenters. The third-order valence-electron chi connectivity index (χ3n) is 2.48. The lowest BCUT2D eigenvalue weighted by Gasteiger charge is -2.06. The standard InChI is InChI=1S/C12H9ClN2O/c13-9-4-3-8-7-16-11-2-1-5-14-12(11)15-10(8)6-9/h1-6H,7H2,(H,14,15). The van der Waals surface area contributed by atoms with Gasteiger partial charge >= 0.3 is 0 Å². The second-order valence-corrected chi connectivity index (χ2v) is 4.00. The number of anilines is 2. The summed E-state index contributed by atoms with van der Waals surface area (Å²) >= 11 is 5.96. The van der Waals surface area contributed by atoms with E-state index in [-0.39, 0.29) is 0 Å². The smallest absolute Gasteiger partial charge is 0.173 e. The van der Waals surface area contributed by atoms with Crippen LogP contribution in [0.5, 0.6) is 5.75 Å². The Kier molecular flexibility index (Phi) is 2.18. The number of fused-ring (bicyclic) bond motifs is 2. The third-order valence-corrected chi connectivity index (χ3v) is 2.71. The van der Waals surface area contributed by atoms with E-state index in [2.05, 4.69) is 10.3 Å². The van der Waals surface area contributed by atoms with E-state index in [0.29, 0.717) is 11.6 Å². The highest BCUT2D eigenvalue weighted by atomic mass is 35.5. The quantitative estimate of drug-likeness (QED) is 0.756. The van der Waals surface area contributed by atoms with Crippen LogP contribution in [0.25, 0.3) is 0 Å². The number of halogens is 1. The first-order valence-corrected chi connectivity index (χ1v) is 5.34. The Balaban J connectivity index is 2.10. The Morgan fingerprint density at radius 1 is 1.31 bits per heavy atom. The number of benzene rings is 1. The monoisotopic (exact) mass is 232 g/mol. The van der Waals surface area contributed by atoms with Crippen LogP contribution in [-0.2, 0) is 6.61 Å². The predicted molar refractivity (Wildman–Crippen MR) is 63.3 cm³/mol. The van der Waals surface area contributed by atoms with Gasteiger partial charge in [0.05, 0.1) is 0 Å². The van der Waals surface area contributed by atoms with Crippen LogP contribution >= 0.6 is 11.6 Å². The summed E-state index contributed by atoms with van der Waals surface area (Å²) in [5.41, 5.74) is 2.02. The summed E-state index contributed by atoms with van der Waals surface area (Å²) in [4.78, 5) is 4.23. The number of aromatic nitrogens is 1. The second-order valence-electron chi connectivity index (χ2n) is 3.57. The van der Waals surface area contributed by atoms with Crippen LogP contribution < -0.4 is 10.1 Å². The van der Waals surface area contributed by atoms with E-state index in [1.807, 2.05) is 30.3 Å². The minimum atomic E-state index is 0.526. The third kappa shape index (κ3) is 1.59. The van der Waals surface area contributed by atoms with Crippen LogP contribution in [-0.4, -0.2) is 4.98 Å². The van der Waals surface area contributed by atoms with Crippen LogP contribution in [0.4, 0.5) is 11.5 Å². The van der Waals surface area contributed by atoms with Gasteiger partial charge in [0.25, 0.3) is 0 Å². The van der Waals surface area contributed by atoms with Crippen molar-refractivity contribution in [2.75, 3.05) is 5.32 Å². The zero-order chi connectivity index (χ0) is 11.0. The lowest BCUT2D eigenvalue weighted by Crippen LogP contribution is -1.94. The van der Waals surface area contributed by atoms with Crippen molar-refractivity contribution < 1.29 is 4.74 Å². The Labute approximate surface area is 98.0 Å². The van der Waals surface area contributed by atoms with Crippen molar-refractivity contribution in [3.8, 4) is 5.75 Å². The van der Waals surface area contributed by atoms with Gasteiger partial charge in [0.2, 0.25) is 0 Å². The van der Waals surface area contributed by atoms with Gasteiger partial charge in [-0.3, -0.25) is 0 Å². The molecule has 3 rings (SSSR count). The minimum Gasteiger partial charge on any atom is -0.485 e. The number of ether oxygens (including phenoxy) is 1. The lowest BCUT2D eigenvalue weighted by molar-refractivity contribution is 0.310. The van der Waals surface area contributed by atoms with Gasteiger partial charge in [-0.1, -0.05) is 17.7 Å². The molecule has 0 amide bonds. The molecule has 1 N–H and O–H groups in total.